The van der Waals surface area contributed by atoms with Gasteiger partial charge in [-0.05, 0) is 31.0 Å². The lowest BCUT2D eigenvalue weighted by Crippen LogP contribution is -2.33. The fourth-order valence-electron chi connectivity index (χ4n) is 1.92. The van der Waals surface area contributed by atoms with Gasteiger partial charge in [-0.2, -0.15) is 0 Å². The van der Waals surface area contributed by atoms with Crippen LogP contribution >= 0.6 is 0 Å². The summed E-state index contributed by atoms with van der Waals surface area (Å²) >= 11 is 0. The molecule has 4 nitrogen and oxygen atoms in total. The first kappa shape index (κ1) is 13.0. The molecular formula is C13H17FN2O2. The Bertz CT molecular complexity index is 406. The summed E-state index contributed by atoms with van der Waals surface area (Å²) in [4.78, 5) is 11.6. The standard InChI is InChI=1S/C13H17FN2O2/c14-10-3-1-4-11(7-10)16-13(17)9-15-8-12-5-2-6-18-12/h1,3-4,7,12,15H,2,5-6,8-9H2,(H,16,17)/t12-/m0/s1. The number of ether oxygens (including phenoxy) is 1. The minimum Gasteiger partial charge on any atom is -0.377 e. The van der Waals surface area contributed by atoms with Gasteiger partial charge in [0.25, 0.3) is 0 Å². The van der Waals surface area contributed by atoms with Crippen LogP contribution < -0.4 is 10.6 Å². The number of nitrogens with one attached hydrogen (secondary N) is 2. The third-order valence-electron chi connectivity index (χ3n) is 2.79. The normalized spacial score (nSPS) is 18.8. The molecule has 1 aliphatic rings. The molecule has 0 spiro atoms. The second kappa shape index (κ2) is 6.47. The van der Waals surface area contributed by atoms with Gasteiger partial charge in [-0.25, -0.2) is 4.39 Å². The number of carbonyl (C=O) groups excluding carboxylic acids is 1. The van der Waals surface area contributed by atoms with Crippen LogP contribution in [0, 0.1) is 5.82 Å². The summed E-state index contributed by atoms with van der Waals surface area (Å²) in [6.45, 7) is 1.69. The fourth-order valence-corrected chi connectivity index (χ4v) is 1.92. The van der Waals surface area contributed by atoms with E-state index in [2.05, 4.69) is 10.6 Å². The number of halogens is 1. The van der Waals surface area contributed by atoms with Gasteiger partial charge >= 0.3 is 0 Å². The van der Waals surface area contributed by atoms with Gasteiger partial charge < -0.3 is 15.4 Å². The van der Waals surface area contributed by atoms with Crippen LogP contribution in [0.25, 0.3) is 0 Å². The number of benzene rings is 1. The van der Waals surface area contributed by atoms with Gasteiger partial charge in [0.1, 0.15) is 5.82 Å². The van der Waals surface area contributed by atoms with Gasteiger partial charge in [0.05, 0.1) is 12.6 Å². The van der Waals surface area contributed by atoms with Gasteiger partial charge in [-0.3, -0.25) is 4.79 Å². The van der Waals surface area contributed by atoms with Crippen LogP contribution in [0.15, 0.2) is 24.3 Å². The summed E-state index contributed by atoms with van der Waals surface area (Å²) in [6, 6.07) is 5.84. The fraction of sp³-hybridized carbons (Fsp3) is 0.462. The third kappa shape index (κ3) is 4.09. The molecular weight excluding hydrogens is 235 g/mol. The second-order valence-corrected chi connectivity index (χ2v) is 4.32. The largest absolute Gasteiger partial charge is 0.377 e. The highest BCUT2D eigenvalue weighted by Gasteiger charge is 2.15. The van der Waals surface area contributed by atoms with Crippen LogP contribution in [-0.4, -0.2) is 31.7 Å². The average Bonchev–Trinajstić information content (AvgIpc) is 2.82. The summed E-state index contributed by atoms with van der Waals surface area (Å²) in [5, 5.41) is 5.66. The SMILES string of the molecule is O=C(CNC[C@@H]1CCCO1)Nc1cccc(F)c1. The highest BCUT2D eigenvalue weighted by Crippen LogP contribution is 2.10. The molecule has 1 heterocycles. The van der Waals surface area contributed by atoms with Crippen molar-refractivity contribution in [3.8, 4) is 0 Å². The Morgan fingerprint density at radius 3 is 3.11 bits per heavy atom. The lowest BCUT2D eigenvalue weighted by atomic mass is 10.2. The van der Waals surface area contributed by atoms with Crippen molar-refractivity contribution in [1.29, 1.82) is 0 Å². The zero-order valence-electron chi connectivity index (χ0n) is 10.1. The zero-order valence-corrected chi connectivity index (χ0v) is 10.1. The van der Waals surface area contributed by atoms with Crippen molar-refractivity contribution in [2.45, 2.75) is 18.9 Å². The summed E-state index contributed by atoms with van der Waals surface area (Å²) in [6.07, 6.45) is 2.34. The first-order valence-corrected chi connectivity index (χ1v) is 6.12. The Labute approximate surface area is 106 Å². The van der Waals surface area contributed by atoms with Crippen LogP contribution in [-0.2, 0) is 9.53 Å². The zero-order chi connectivity index (χ0) is 12.8. The van der Waals surface area contributed by atoms with E-state index in [1.165, 1.54) is 12.1 Å². The van der Waals surface area contributed by atoms with Crippen molar-refractivity contribution in [2.24, 2.45) is 0 Å². The minimum atomic E-state index is -0.361. The maximum absolute atomic E-state index is 12.9. The molecule has 1 amide bonds. The van der Waals surface area contributed by atoms with Crippen LogP contribution in [0.1, 0.15) is 12.8 Å². The van der Waals surface area contributed by atoms with Gasteiger partial charge in [0.2, 0.25) is 5.91 Å². The molecule has 98 valence electrons. The lowest BCUT2D eigenvalue weighted by Gasteiger charge is -2.10. The van der Waals surface area contributed by atoms with E-state index in [1.807, 2.05) is 0 Å². The maximum atomic E-state index is 12.9. The molecule has 1 saturated heterocycles. The van der Waals surface area contributed by atoms with Gasteiger partial charge in [-0.1, -0.05) is 6.07 Å². The number of carbonyl (C=O) groups is 1. The van der Waals surface area contributed by atoms with Gasteiger partial charge in [0.15, 0.2) is 0 Å². The smallest absolute Gasteiger partial charge is 0.238 e. The van der Waals surface area contributed by atoms with Crippen molar-refractivity contribution in [2.75, 3.05) is 25.0 Å². The quantitative estimate of drug-likeness (QED) is 0.835. The molecule has 0 saturated carbocycles. The third-order valence-corrected chi connectivity index (χ3v) is 2.79. The van der Waals surface area contributed by atoms with Crippen molar-refractivity contribution in [3.63, 3.8) is 0 Å². The molecule has 1 aliphatic heterocycles. The molecule has 0 aliphatic carbocycles. The molecule has 1 fully saturated rings. The number of anilines is 1. The molecule has 2 N–H and O–H groups in total. The molecule has 0 bridgehead atoms. The van der Waals surface area contributed by atoms with Crippen molar-refractivity contribution in [1.82, 2.24) is 5.32 Å². The van der Waals surface area contributed by atoms with E-state index < -0.39 is 0 Å². The molecule has 1 aromatic rings. The van der Waals surface area contributed by atoms with Crippen LogP contribution in [0.4, 0.5) is 10.1 Å². The van der Waals surface area contributed by atoms with E-state index in [9.17, 15) is 9.18 Å². The highest BCUT2D eigenvalue weighted by atomic mass is 19.1. The Hall–Kier alpha value is -1.46. The van der Waals surface area contributed by atoms with Crippen LogP contribution in [0.5, 0.6) is 0 Å². The topological polar surface area (TPSA) is 50.4 Å². The molecule has 0 aromatic heterocycles. The number of hydrogen-bond donors (Lipinski definition) is 2. The van der Waals surface area contributed by atoms with E-state index in [-0.39, 0.29) is 24.4 Å². The summed E-state index contributed by atoms with van der Waals surface area (Å²) in [5.41, 5.74) is 0.471. The van der Waals surface area contributed by atoms with Crippen molar-refractivity contribution < 1.29 is 13.9 Å². The summed E-state index contributed by atoms with van der Waals surface area (Å²) in [7, 11) is 0. The minimum absolute atomic E-state index is 0.182. The number of amides is 1. The highest BCUT2D eigenvalue weighted by molar-refractivity contribution is 5.92. The average molecular weight is 252 g/mol. The Balaban J connectivity index is 1.68. The molecule has 1 atom stereocenters. The number of rotatable bonds is 5. The van der Waals surface area contributed by atoms with Crippen molar-refractivity contribution >= 4 is 11.6 Å². The van der Waals surface area contributed by atoms with Gasteiger partial charge in [-0.15, -0.1) is 0 Å². The second-order valence-electron chi connectivity index (χ2n) is 4.32. The predicted molar refractivity (Wildman–Crippen MR) is 66.9 cm³/mol. The van der Waals surface area contributed by atoms with E-state index >= 15 is 0 Å². The van der Waals surface area contributed by atoms with Crippen LogP contribution in [0.3, 0.4) is 0 Å². The van der Waals surface area contributed by atoms with Crippen LogP contribution in [0.2, 0.25) is 0 Å². The molecule has 5 heteroatoms. The maximum Gasteiger partial charge on any atom is 0.238 e. The Morgan fingerprint density at radius 2 is 2.39 bits per heavy atom. The molecule has 0 radical (unpaired) electrons. The monoisotopic (exact) mass is 252 g/mol. The Morgan fingerprint density at radius 1 is 1.50 bits per heavy atom. The summed E-state index contributed by atoms with van der Waals surface area (Å²) in [5.74, 6) is -0.543. The van der Waals surface area contributed by atoms with Gasteiger partial charge in [0, 0.05) is 18.8 Å². The van der Waals surface area contributed by atoms with E-state index in [1.54, 1.807) is 12.1 Å². The van der Waals surface area contributed by atoms with Crippen molar-refractivity contribution in [3.05, 3.63) is 30.1 Å². The van der Waals surface area contributed by atoms with E-state index in [4.69, 9.17) is 4.74 Å². The molecule has 0 unspecified atom stereocenters. The summed E-state index contributed by atoms with van der Waals surface area (Å²) < 4.78 is 18.3. The van der Waals surface area contributed by atoms with E-state index in [0.29, 0.717) is 12.2 Å². The molecule has 1 aromatic carbocycles. The first-order valence-electron chi connectivity index (χ1n) is 6.12. The van der Waals surface area contributed by atoms with E-state index in [0.717, 1.165) is 19.4 Å². The number of hydrogen-bond acceptors (Lipinski definition) is 3. The Kier molecular flexibility index (Phi) is 4.66. The lowest BCUT2D eigenvalue weighted by molar-refractivity contribution is -0.115. The predicted octanol–water partition coefficient (Wildman–Crippen LogP) is 1.53. The molecule has 2 rings (SSSR count). The first-order chi connectivity index (χ1) is 8.74. The molecule has 18 heavy (non-hydrogen) atoms.